The number of sulfonamides is 1. The molecule has 2 N–H and O–H groups in total. The van der Waals surface area contributed by atoms with Crippen molar-refractivity contribution in [2.45, 2.75) is 25.7 Å². The highest BCUT2D eigenvalue weighted by molar-refractivity contribution is 7.92. The molecule has 0 bridgehead atoms. The molecule has 1 aromatic carbocycles. The van der Waals surface area contributed by atoms with E-state index in [1.165, 1.54) is 5.56 Å². The Morgan fingerprint density at radius 2 is 2.00 bits per heavy atom. The van der Waals surface area contributed by atoms with Crippen LogP contribution in [0.25, 0.3) is 0 Å². The maximum atomic E-state index is 11.7. The van der Waals surface area contributed by atoms with E-state index in [0.717, 1.165) is 19.5 Å². The molecule has 3 rings (SSSR count). The van der Waals surface area contributed by atoms with Gasteiger partial charge in [0.1, 0.15) is 0 Å². The van der Waals surface area contributed by atoms with Crippen LogP contribution < -0.4 is 10.0 Å². The minimum Gasteiger partial charge on any atom is -0.316 e. The summed E-state index contributed by atoms with van der Waals surface area (Å²) in [5.74, 6) is 1.53. The van der Waals surface area contributed by atoms with Gasteiger partial charge in [-0.3, -0.25) is 4.72 Å². The lowest BCUT2D eigenvalue weighted by Crippen LogP contribution is -2.25. The second kappa shape index (κ2) is 4.74. The van der Waals surface area contributed by atoms with Crippen molar-refractivity contribution >= 4 is 15.7 Å². The molecule has 4 nitrogen and oxygen atoms in total. The number of rotatable bonds is 5. The van der Waals surface area contributed by atoms with Crippen LogP contribution in [0.2, 0.25) is 0 Å². The molecule has 20 heavy (non-hydrogen) atoms. The standard InChI is InChI=1S/C15H22N2O2S/c1-3-15(13-9-16-10-14(13)15)11-6-5-7-12(8-11)17-20(18,19)4-2/h5-8,13-14,16-17H,3-4,9-10H2,1-2H3/t13-,14+,15?. The van der Waals surface area contributed by atoms with Crippen LogP contribution in [0.3, 0.4) is 0 Å². The predicted octanol–water partition coefficient (Wildman–Crippen LogP) is 1.95. The van der Waals surface area contributed by atoms with E-state index in [1.807, 2.05) is 18.2 Å². The molecular weight excluding hydrogens is 272 g/mol. The van der Waals surface area contributed by atoms with Crippen molar-refractivity contribution in [3.63, 3.8) is 0 Å². The van der Waals surface area contributed by atoms with Crippen molar-refractivity contribution < 1.29 is 8.42 Å². The molecule has 0 aromatic heterocycles. The minimum atomic E-state index is -3.20. The number of piperidine rings is 1. The maximum absolute atomic E-state index is 11.7. The van der Waals surface area contributed by atoms with Crippen LogP contribution in [0.1, 0.15) is 25.8 Å². The average Bonchev–Trinajstić information content (AvgIpc) is 2.80. The summed E-state index contributed by atoms with van der Waals surface area (Å²) < 4.78 is 26.0. The summed E-state index contributed by atoms with van der Waals surface area (Å²) in [5, 5.41) is 3.43. The number of fused-ring (bicyclic) bond motifs is 1. The van der Waals surface area contributed by atoms with Crippen molar-refractivity contribution in [3.8, 4) is 0 Å². The van der Waals surface area contributed by atoms with Crippen molar-refractivity contribution in [1.82, 2.24) is 5.32 Å². The molecule has 0 spiro atoms. The van der Waals surface area contributed by atoms with E-state index in [4.69, 9.17) is 0 Å². The Bertz CT molecular complexity index is 602. The van der Waals surface area contributed by atoms with Gasteiger partial charge in [-0.1, -0.05) is 19.1 Å². The average molecular weight is 294 g/mol. The highest BCUT2D eigenvalue weighted by Crippen LogP contribution is 2.63. The lowest BCUT2D eigenvalue weighted by Gasteiger charge is -2.21. The maximum Gasteiger partial charge on any atom is 0.232 e. The molecule has 1 heterocycles. The summed E-state index contributed by atoms with van der Waals surface area (Å²) >= 11 is 0. The molecule has 0 amide bonds. The second-order valence-electron chi connectivity index (χ2n) is 5.85. The summed E-state index contributed by atoms with van der Waals surface area (Å²) in [4.78, 5) is 0. The third-order valence-corrected chi connectivity index (χ3v) is 6.37. The zero-order chi connectivity index (χ0) is 14.4. The Morgan fingerprint density at radius 1 is 1.30 bits per heavy atom. The molecule has 1 unspecified atom stereocenters. The molecule has 3 atom stereocenters. The van der Waals surface area contributed by atoms with Crippen molar-refractivity contribution in [3.05, 3.63) is 29.8 Å². The fourth-order valence-electron chi connectivity index (χ4n) is 3.93. The van der Waals surface area contributed by atoms with Crippen LogP contribution in [0, 0.1) is 11.8 Å². The molecule has 1 aliphatic carbocycles. The molecule has 5 heteroatoms. The monoisotopic (exact) mass is 294 g/mol. The van der Waals surface area contributed by atoms with Gasteiger partial charge >= 0.3 is 0 Å². The van der Waals surface area contributed by atoms with Gasteiger partial charge in [-0.15, -0.1) is 0 Å². The third kappa shape index (κ3) is 2.04. The Balaban J connectivity index is 1.89. The van der Waals surface area contributed by atoms with Crippen LogP contribution in [-0.4, -0.2) is 27.3 Å². The molecule has 0 radical (unpaired) electrons. The summed E-state index contributed by atoms with van der Waals surface area (Å²) in [5.41, 5.74) is 2.24. The van der Waals surface area contributed by atoms with Gasteiger partial charge < -0.3 is 5.32 Å². The second-order valence-corrected chi connectivity index (χ2v) is 7.86. The third-order valence-electron chi connectivity index (χ3n) is 5.07. The van der Waals surface area contributed by atoms with E-state index in [2.05, 4.69) is 23.0 Å². The Labute approximate surface area is 121 Å². The Morgan fingerprint density at radius 3 is 2.60 bits per heavy atom. The van der Waals surface area contributed by atoms with Crippen LogP contribution in [-0.2, 0) is 15.4 Å². The molecular formula is C15H22N2O2S. The first-order valence-electron chi connectivity index (χ1n) is 7.35. The summed E-state index contributed by atoms with van der Waals surface area (Å²) in [7, 11) is -3.20. The molecule has 2 aliphatic rings. The minimum absolute atomic E-state index is 0.102. The van der Waals surface area contributed by atoms with Crippen LogP contribution in [0.5, 0.6) is 0 Å². The van der Waals surface area contributed by atoms with Gasteiger partial charge in [-0.05, 0) is 56.0 Å². The normalized spacial score (nSPS) is 31.9. The topological polar surface area (TPSA) is 58.2 Å². The van der Waals surface area contributed by atoms with E-state index in [-0.39, 0.29) is 11.2 Å². The van der Waals surface area contributed by atoms with Crippen LogP contribution in [0.4, 0.5) is 5.69 Å². The quantitative estimate of drug-likeness (QED) is 0.872. The van der Waals surface area contributed by atoms with Crippen molar-refractivity contribution in [1.29, 1.82) is 0 Å². The van der Waals surface area contributed by atoms with E-state index in [1.54, 1.807) is 6.92 Å². The van der Waals surface area contributed by atoms with E-state index in [0.29, 0.717) is 17.5 Å². The fourth-order valence-corrected chi connectivity index (χ4v) is 4.56. The Hall–Kier alpha value is -1.07. The SMILES string of the molecule is CCC1(c2cccc(NS(=O)(=O)CC)c2)[C@@H]2CNC[C@@H]21. The first-order valence-corrected chi connectivity index (χ1v) is 9.00. The van der Waals surface area contributed by atoms with Crippen LogP contribution in [0.15, 0.2) is 24.3 Å². The van der Waals surface area contributed by atoms with Gasteiger partial charge in [0.05, 0.1) is 5.75 Å². The fraction of sp³-hybridized carbons (Fsp3) is 0.600. The highest BCUT2D eigenvalue weighted by atomic mass is 32.2. The Kier molecular flexibility index (Phi) is 3.29. The molecule has 1 saturated heterocycles. The zero-order valence-electron chi connectivity index (χ0n) is 12.0. The number of benzene rings is 1. The van der Waals surface area contributed by atoms with Crippen LogP contribution >= 0.6 is 0 Å². The van der Waals surface area contributed by atoms with Gasteiger partial charge in [0.15, 0.2) is 0 Å². The highest BCUT2D eigenvalue weighted by Gasteiger charge is 2.65. The predicted molar refractivity (Wildman–Crippen MR) is 81.3 cm³/mol. The van der Waals surface area contributed by atoms with Gasteiger partial charge in [-0.25, -0.2) is 8.42 Å². The molecule has 1 aliphatic heterocycles. The smallest absolute Gasteiger partial charge is 0.232 e. The number of nitrogens with one attached hydrogen (secondary N) is 2. The number of hydrogen-bond acceptors (Lipinski definition) is 3. The summed E-state index contributed by atoms with van der Waals surface area (Å²) in [6, 6.07) is 7.96. The summed E-state index contributed by atoms with van der Waals surface area (Å²) in [6.45, 7) is 6.06. The molecule has 110 valence electrons. The zero-order valence-corrected chi connectivity index (χ0v) is 12.8. The lowest BCUT2D eigenvalue weighted by molar-refractivity contribution is 0.502. The van der Waals surface area contributed by atoms with Gasteiger partial charge in [0.25, 0.3) is 0 Å². The molecule has 1 aromatic rings. The lowest BCUT2D eigenvalue weighted by atomic mass is 9.87. The van der Waals surface area contributed by atoms with Crippen molar-refractivity contribution in [2.75, 3.05) is 23.6 Å². The van der Waals surface area contributed by atoms with Crippen molar-refractivity contribution in [2.24, 2.45) is 11.8 Å². The first kappa shape index (κ1) is 13.9. The van der Waals surface area contributed by atoms with E-state index in [9.17, 15) is 8.42 Å². The van der Waals surface area contributed by atoms with E-state index >= 15 is 0 Å². The van der Waals surface area contributed by atoms with E-state index < -0.39 is 10.0 Å². The largest absolute Gasteiger partial charge is 0.316 e. The number of anilines is 1. The molecule has 1 saturated carbocycles. The van der Waals surface area contributed by atoms with Gasteiger partial charge in [-0.2, -0.15) is 0 Å². The number of hydrogen-bond donors (Lipinski definition) is 2. The summed E-state index contributed by atoms with van der Waals surface area (Å²) in [6.07, 6.45) is 1.12. The first-order chi connectivity index (χ1) is 9.53. The van der Waals surface area contributed by atoms with Gasteiger partial charge in [0, 0.05) is 11.1 Å². The molecule has 2 fully saturated rings. The van der Waals surface area contributed by atoms with Gasteiger partial charge in [0.2, 0.25) is 10.0 Å².